The van der Waals surface area contributed by atoms with Crippen molar-refractivity contribution in [1.29, 1.82) is 0 Å². The molecule has 15 heavy (non-hydrogen) atoms. The smallest absolute Gasteiger partial charge is 0.204 e. The third kappa shape index (κ3) is 2.13. The van der Waals surface area contributed by atoms with Crippen LogP contribution >= 0.6 is 11.6 Å². The molecular weight excluding hydrogens is 210 g/mol. The maximum absolute atomic E-state index is 6.08. The van der Waals surface area contributed by atoms with E-state index in [2.05, 4.69) is 15.3 Å². The van der Waals surface area contributed by atoms with E-state index in [1.165, 1.54) is 0 Å². The number of aromatic nitrogens is 2. The number of para-hydroxylation sites is 1. The zero-order valence-electron chi connectivity index (χ0n) is 8.63. The van der Waals surface area contributed by atoms with Gasteiger partial charge in [-0.3, -0.25) is 0 Å². The first kappa shape index (κ1) is 10.1. The van der Waals surface area contributed by atoms with Crippen LogP contribution in [0.3, 0.4) is 0 Å². The average Bonchev–Trinajstić information content (AvgIpc) is 2.58. The van der Waals surface area contributed by atoms with Crippen LogP contribution in [0.5, 0.6) is 0 Å². The highest BCUT2D eigenvalue weighted by Gasteiger charge is 2.05. The van der Waals surface area contributed by atoms with E-state index in [1.807, 2.05) is 32.0 Å². The highest BCUT2D eigenvalue weighted by atomic mass is 35.5. The number of aromatic amines is 1. The molecule has 1 heterocycles. The quantitative estimate of drug-likeness (QED) is 0.816. The fourth-order valence-electron chi connectivity index (χ4n) is 1.38. The molecule has 0 fully saturated rings. The van der Waals surface area contributed by atoms with Crippen LogP contribution in [0, 0.1) is 13.8 Å². The molecule has 78 valence electrons. The number of benzene rings is 1. The van der Waals surface area contributed by atoms with Crippen molar-refractivity contribution in [2.75, 3.05) is 5.32 Å². The van der Waals surface area contributed by atoms with Gasteiger partial charge < -0.3 is 10.3 Å². The molecule has 2 aromatic rings. The first-order valence-electron chi connectivity index (χ1n) is 4.70. The van der Waals surface area contributed by atoms with Gasteiger partial charge in [-0.15, -0.1) is 0 Å². The van der Waals surface area contributed by atoms with Crippen LogP contribution < -0.4 is 5.32 Å². The molecule has 0 amide bonds. The molecule has 0 spiro atoms. The molecule has 0 unspecified atom stereocenters. The van der Waals surface area contributed by atoms with Crippen LogP contribution in [0.2, 0.25) is 5.02 Å². The second-order valence-corrected chi connectivity index (χ2v) is 3.88. The van der Waals surface area contributed by atoms with Crippen molar-refractivity contribution in [3.63, 3.8) is 0 Å². The first-order valence-corrected chi connectivity index (χ1v) is 5.08. The van der Waals surface area contributed by atoms with Crippen LogP contribution in [-0.4, -0.2) is 9.97 Å². The normalized spacial score (nSPS) is 10.3. The second-order valence-electron chi connectivity index (χ2n) is 3.47. The molecule has 0 radical (unpaired) electrons. The minimum Gasteiger partial charge on any atom is -0.328 e. The van der Waals surface area contributed by atoms with Gasteiger partial charge in [0, 0.05) is 11.9 Å². The standard InChI is InChI=1S/C11H12ClN3/c1-7-4-3-5-9(12)10(7)15-11-13-6-8(2)14-11/h3-6H,1-2H3,(H2,13,14,15). The molecular formula is C11H12ClN3. The zero-order chi connectivity index (χ0) is 10.8. The van der Waals surface area contributed by atoms with Crippen LogP contribution in [0.1, 0.15) is 11.3 Å². The van der Waals surface area contributed by atoms with Crippen molar-refractivity contribution in [3.8, 4) is 0 Å². The van der Waals surface area contributed by atoms with Crippen LogP contribution in [-0.2, 0) is 0 Å². The Balaban J connectivity index is 2.31. The summed E-state index contributed by atoms with van der Waals surface area (Å²) in [6.07, 6.45) is 1.77. The molecule has 0 bridgehead atoms. The lowest BCUT2D eigenvalue weighted by Gasteiger charge is -2.08. The number of halogens is 1. The second kappa shape index (κ2) is 3.95. The summed E-state index contributed by atoms with van der Waals surface area (Å²) in [7, 11) is 0. The fourth-order valence-corrected chi connectivity index (χ4v) is 1.65. The number of rotatable bonds is 2. The van der Waals surface area contributed by atoms with Gasteiger partial charge in [-0.05, 0) is 25.5 Å². The Morgan fingerprint density at radius 2 is 2.13 bits per heavy atom. The predicted octanol–water partition coefficient (Wildman–Crippen LogP) is 3.42. The fraction of sp³-hybridized carbons (Fsp3) is 0.182. The molecule has 0 aliphatic heterocycles. The van der Waals surface area contributed by atoms with E-state index in [1.54, 1.807) is 6.20 Å². The molecule has 1 aromatic carbocycles. The van der Waals surface area contributed by atoms with E-state index >= 15 is 0 Å². The van der Waals surface area contributed by atoms with Gasteiger partial charge >= 0.3 is 0 Å². The Bertz CT molecular complexity index is 456. The summed E-state index contributed by atoms with van der Waals surface area (Å²) in [5.74, 6) is 0.712. The summed E-state index contributed by atoms with van der Waals surface area (Å²) in [5.41, 5.74) is 3.01. The van der Waals surface area contributed by atoms with Crippen molar-refractivity contribution < 1.29 is 0 Å². The van der Waals surface area contributed by atoms with E-state index in [9.17, 15) is 0 Å². The lowest BCUT2D eigenvalue weighted by atomic mass is 10.2. The Hall–Kier alpha value is -1.48. The molecule has 4 heteroatoms. The Kier molecular flexibility index (Phi) is 2.64. The van der Waals surface area contributed by atoms with E-state index in [0.29, 0.717) is 11.0 Å². The van der Waals surface area contributed by atoms with Crippen molar-refractivity contribution in [3.05, 3.63) is 40.7 Å². The number of aryl methyl sites for hydroxylation is 2. The average molecular weight is 222 g/mol. The number of anilines is 2. The Morgan fingerprint density at radius 1 is 1.33 bits per heavy atom. The highest BCUT2D eigenvalue weighted by Crippen LogP contribution is 2.27. The molecule has 2 N–H and O–H groups in total. The number of nitrogens with zero attached hydrogens (tertiary/aromatic N) is 1. The summed E-state index contributed by atoms with van der Waals surface area (Å²) < 4.78 is 0. The minimum atomic E-state index is 0.698. The topological polar surface area (TPSA) is 40.7 Å². The van der Waals surface area contributed by atoms with Gasteiger partial charge in [0.1, 0.15) is 0 Å². The van der Waals surface area contributed by atoms with E-state index in [4.69, 9.17) is 11.6 Å². The SMILES string of the molecule is Cc1cnc(Nc2c(C)cccc2Cl)[nH]1. The lowest BCUT2D eigenvalue weighted by molar-refractivity contribution is 1.24. The van der Waals surface area contributed by atoms with Gasteiger partial charge in [0.05, 0.1) is 10.7 Å². The Labute approximate surface area is 93.5 Å². The van der Waals surface area contributed by atoms with Crippen molar-refractivity contribution in [1.82, 2.24) is 9.97 Å². The predicted molar refractivity (Wildman–Crippen MR) is 62.8 cm³/mol. The van der Waals surface area contributed by atoms with Gasteiger partial charge in [-0.2, -0.15) is 0 Å². The first-order chi connectivity index (χ1) is 7.16. The van der Waals surface area contributed by atoms with E-state index < -0.39 is 0 Å². The lowest BCUT2D eigenvalue weighted by Crippen LogP contribution is -1.95. The number of hydrogen-bond acceptors (Lipinski definition) is 2. The molecule has 2 rings (SSSR count). The summed E-state index contributed by atoms with van der Waals surface area (Å²) in [4.78, 5) is 7.27. The molecule has 0 aliphatic rings. The third-order valence-electron chi connectivity index (χ3n) is 2.17. The summed E-state index contributed by atoms with van der Waals surface area (Å²) in [6, 6.07) is 5.78. The third-order valence-corrected chi connectivity index (χ3v) is 2.48. The zero-order valence-corrected chi connectivity index (χ0v) is 9.39. The van der Waals surface area contributed by atoms with Gasteiger partial charge in [-0.1, -0.05) is 23.7 Å². The highest BCUT2D eigenvalue weighted by molar-refractivity contribution is 6.33. The van der Waals surface area contributed by atoms with Crippen LogP contribution in [0.15, 0.2) is 24.4 Å². The maximum Gasteiger partial charge on any atom is 0.204 e. The number of imidazole rings is 1. The van der Waals surface area contributed by atoms with Crippen LogP contribution in [0.25, 0.3) is 0 Å². The molecule has 0 saturated carbocycles. The van der Waals surface area contributed by atoms with Crippen molar-refractivity contribution >= 4 is 23.2 Å². The number of hydrogen-bond donors (Lipinski definition) is 2. The molecule has 0 saturated heterocycles. The van der Waals surface area contributed by atoms with Crippen LogP contribution in [0.4, 0.5) is 11.6 Å². The summed E-state index contributed by atoms with van der Waals surface area (Å²) >= 11 is 6.08. The van der Waals surface area contributed by atoms with Crippen molar-refractivity contribution in [2.45, 2.75) is 13.8 Å². The number of nitrogens with one attached hydrogen (secondary N) is 2. The largest absolute Gasteiger partial charge is 0.328 e. The maximum atomic E-state index is 6.08. The van der Waals surface area contributed by atoms with Gasteiger partial charge in [0.25, 0.3) is 0 Å². The van der Waals surface area contributed by atoms with E-state index in [-0.39, 0.29) is 0 Å². The summed E-state index contributed by atoms with van der Waals surface area (Å²) in [6.45, 7) is 3.96. The Morgan fingerprint density at radius 3 is 2.73 bits per heavy atom. The van der Waals surface area contributed by atoms with Crippen molar-refractivity contribution in [2.24, 2.45) is 0 Å². The molecule has 0 atom stereocenters. The van der Waals surface area contributed by atoms with Gasteiger partial charge in [0.2, 0.25) is 5.95 Å². The molecule has 1 aromatic heterocycles. The number of H-pyrrole nitrogens is 1. The summed E-state index contributed by atoms with van der Waals surface area (Å²) in [5, 5.41) is 3.86. The van der Waals surface area contributed by atoms with Gasteiger partial charge in [0.15, 0.2) is 0 Å². The monoisotopic (exact) mass is 221 g/mol. The molecule has 0 aliphatic carbocycles. The molecule has 3 nitrogen and oxygen atoms in total. The minimum absolute atomic E-state index is 0.698. The van der Waals surface area contributed by atoms with Gasteiger partial charge in [-0.25, -0.2) is 4.98 Å². The van der Waals surface area contributed by atoms with E-state index in [0.717, 1.165) is 16.9 Å².